The van der Waals surface area contributed by atoms with E-state index in [9.17, 15) is 0 Å². The van der Waals surface area contributed by atoms with Gasteiger partial charge in [-0.05, 0) is 134 Å². The normalized spacial score (nSPS) is 11.8. The van der Waals surface area contributed by atoms with Crippen molar-refractivity contribution in [3.8, 4) is 11.1 Å². The summed E-state index contributed by atoms with van der Waals surface area (Å²) in [5.74, 6) is 0. The highest BCUT2D eigenvalue weighted by Crippen LogP contribution is 2.35. The summed E-state index contributed by atoms with van der Waals surface area (Å²) in [6, 6.07) is 31.9. The lowest BCUT2D eigenvalue weighted by atomic mass is 9.91. The van der Waals surface area contributed by atoms with Crippen LogP contribution in [0, 0.1) is 27.7 Å². The van der Waals surface area contributed by atoms with Crippen LogP contribution in [0.3, 0.4) is 0 Å². The Balaban J connectivity index is 1.58. The Morgan fingerprint density at radius 3 is 1.78 bits per heavy atom. The van der Waals surface area contributed by atoms with Crippen LogP contribution in [0.25, 0.3) is 54.2 Å². The smallest absolute Gasteiger partial charge is 0.0142 e. The second-order valence-electron chi connectivity index (χ2n) is 9.27. The molecule has 0 nitrogen and oxygen atoms in total. The van der Waals surface area contributed by atoms with Gasteiger partial charge in [0.2, 0.25) is 0 Å². The maximum absolute atomic E-state index is 2.36. The Labute approximate surface area is 189 Å². The third kappa shape index (κ3) is 2.83. The van der Waals surface area contributed by atoms with E-state index in [1.54, 1.807) is 0 Å². The zero-order chi connectivity index (χ0) is 22.0. The summed E-state index contributed by atoms with van der Waals surface area (Å²) in [6.45, 7) is 8.86. The molecule has 0 bridgehead atoms. The zero-order valence-electron chi connectivity index (χ0n) is 19.1. The van der Waals surface area contributed by atoms with E-state index >= 15 is 0 Å². The highest BCUT2D eigenvalue weighted by molar-refractivity contribution is 6.05. The van der Waals surface area contributed by atoms with Crippen LogP contribution in [-0.4, -0.2) is 0 Å². The molecular formula is C32H26. The van der Waals surface area contributed by atoms with Crippen molar-refractivity contribution >= 4 is 43.1 Å². The first-order chi connectivity index (χ1) is 15.5. The van der Waals surface area contributed by atoms with E-state index in [0.29, 0.717) is 0 Å². The molecule has 0 aliphatic heterocycles. The van der Waals surface area contributed by atoms with Gasteiger partial charge in [-0.3, -0.25) is 0 Å². The van der Waals surface area contributed by atoms with Crippen LogP contribution in [0.1, 0.15) is 22.3 Å². The number of fused-ring (bicyclic) bond motifs is 4. The van der Waals surface area contributed by atoms with Gasteiger partial charge in [0.05, 0.1) is 0 Å². The van der Waals surface area contributed by atoms with Gasteiger partial charge in [0.15, 0.2) is 0 Å². The SMILES string of the molecule is Cc1cccc2cc3c(C)c(-c4ccc5cc6c(C)ccc(C)c6cc5c4)ccc3cc12. The minimum absolute atomic E-state index is 1.28. The minimum atomic E-state index is 1.28. The maximum atomic E-state index is 2.36. The van der Waals surface area contributed by atoms with Crippen LogP contribution in [0.5, 0.6) is 0 Å². The topological polar surface area (TPSA) is 0 Å². The van der Waals surface area contributed by atoms with E-state index < -0.39 is 0 Å². The molecule has 0 saturated carbocycles. The van der Waals surface area contributed by atoms with Gasteiger partial charge in [-0.25, -0.2) is 0 Å². The van der Waals surface area contributed by atoms with E-state index in [2.05, 4.69) is 113 Å². The zero-order valence-corrected chi connectivity index (χ0v) is 19.1. The summed E-state index contributed by atoms with van der Waals surface area (Å²) >= 11 is 0. The average molecular weight is 411 g/mol. The molecule has 0 N–H and O–H groups in total. The molecule has 0 unspecified atom stereocenters. The van der Waals surface area contributed by atoms with Crippen molar-refractivity contribution in [1.29, 1.82) is 0 Å². The Kier molecular flexibility index (Phi) is 4.13. The fourth-order valence-electron chi connectivity index (χ4n) is 5.26. The number of hydrogen-bond acceptors (Lipinski definition) is 0. The first-order valence-electron chi connectivity index (χ1n) is 11.4. The van der Waals surface area contributed by atoms with E-state index in [0.717, 1.165) is 0 Å². The molecule has 154 valence electrons. The maximum Gasteiger partial charge on any atom is -0.0142 e. The van der Waals surface area contributed by atoms with Gasteiger partial charge >= 0.3 is 0 Å². The van der Waals surface area contributed by atoms with Crippen LogP contribution in [-0.2, 0) is 0 Å². The monoisotopic (exact) mass is 410 g/mol. The first-order valence-corrected chi connectivity index (χ1v) is 11.4. The van der Waals surface area contributed by atoms with Crippen LogP contribution in [0.2, 0.25) is 0 Å². The summed E-state index contributed by atoms with van der Waals surface area (Å²) in [6.07, 6.45) is 0. The van der Waals surface area contributed by atoms with Crippen molar-refractivity contribution in [1.82, 2.24) is 0 Å². The Bertz CT molecular complexity index is 1700. The summed E-state index contributed by atoms with van der Waals surface area (Å²) < 4.78 is 0. The molecule has 0 heterocycles. The standard InChI is InChI=1S/C32H26/c1-19-6-5-7-24-17-32-22(4)28(13-12-26(32)16-29(19)24)25-11-10-23-15-30-20(2)8-9-21(3)31(30)18-27(23)14-25/h5-18H,1-4H3. The summed E-state index contributed by atoms with van der Waals surface area (Å²) in [7, 11) is 0. The van der Waals surface area contributed by atoms with Gasteiger partial charge in [0.1, 0.15) is 0 Å². The predicted molar refractivity (Wildman–Crippen MR) is 141 cm³/mol. The van der Waals surface area contributed by atoms with Crippen molar-refractivity contribution in [2.75, 3.05) is 0 Å². The number of aryl methyl sites for hydroxylation is 4. The van der Waals surface area contributed by atoms with Crippen LogP contribution < -0.4 is 0 Å². The van der Waals surface area contributed by atoms with Gasteiger partial charge in [-0.2, -0.15) is 0 Å². The third-order valence-corrected chi connectivity index (χ3v) is 7.23. The largest absolute Gasteiger partial charge is 0.0614 e. The second-order valence-corrected chi connectivity index (χ2v) is 9.27. The minimum Gasteiger partial charge on any atom is -0.0614 e. The molecule has 0 aliphatic carbocycles. The molecular weight excluding hydrogens is 384 g/mol. The molecule has 6 aromatic rings. The van der Waals surface area contributed by atoms with Gasteiger partial charge in [-0.1, -0.05) is 54.6 Å². The molecule has 0 atom stereocenters. The molecule has 0 aromatic heterocycles. The van der Waals surface area contributed by atoms with E-state index in [4.69, 9.17) is 0 Å². The van der Waals surface area contributed by atoms with E-state index in [-0.39, 0.29) is 0 Å². The highest BCUT2D eigenvalue weighted by atomic mass is 14.1. The van der Waals surface area contributed by atoms with Crippen LogP contribution in [0.15, 0.2) is 84.9 Å². The summed E-state index contributed by atoms with van der Waals surface area (Å²) in [4.78, 5) is 0. The Morgan fingerprint density at radius 1 is 0.406 bits per heavy atom. The van der Waals surface area contributed by atoms with Gasteiger partial charge in [0.25, 0.3) is 0 Å². The first kappa shape index (κ1) is 19.1. The number of rotatable bonds is 1. The highest BCUT2D eigenvalue weighted by Gasteiger charge is 2.10. The molecule has 0 fully saturated rings. The summed E-state index contributed by atoms with van der Waals surface area (Å²) in [5, 5.41) is 10.6. The number of benzene rings is 6. The fourth-order valence-corrected chi connectivity index (χ4v) is 5.26. The van der Waals surface area contributed by atoms with Crippen LogP contribution >= 0.6 is 0 Å². The second kappa shape index (κ2) is 6.93. The average Bonchev–Trinajstić information content (AvgIpc) is 2.80. The van der Waals surface area contributed by atoms with Crippen molar-refractivity contribution in [3.63, 3.8) is 0 Å². The van der Waals surface area contributed by atoms with E-state index in [1.165, 1.54) is 76.5 Å². The van der Waals surface area contributed by atoms with Gasteiger partial charge in [0, 0.05) is 0 Å². The number of hydrogen-bond donors (Lipinski definition) is 0. The quantitative estimate of drug-likeness (QED) is 0.237. The Hall–Kier alpha value is -3.64. The molecule has 6 rings (SSSR count). The molecule has 0 amide bonds. The van der Waals surface area contributed by atoms with E-state index in [1.807, 2.05) is 0 Å². The van der Waals surface area contributed by atoms with Gasteiger partial charge < -0.3 is 0 Å². The van der Waals surface area contributed by atoms with Crippen molar-refractivity contribution in [2.24, 2.45) is 0 Å². The molecule has 0 aliphatic rings. The lowest BCUT2D eigenvalue weighted by molar-refractivity contribution is 1.47. The molecule has 0 saturated heterocycles. The van der Waals surface area contributed by atoms with Crippen molar-refractivity contribution in [3.05, 3.63) is 107 Å². The van der Waals surface area contributed by atoms with Crippen molar-refractivity contribution in [2.45, 2.75) is 27.7 Å². The van der Waals surface area contributed by atoms with Crippen molar-refractivity contribution < 1.29 is 0 Å². The lowest BCUT2D eigenvalue weighted by Gasteiger charge is -2.13. The molecule has 0 heteroatoms. The Morgan fingerprint density at radius 2 is 1.00 bits per heavy atom. The predicted octanol–water partition coefficient (Wildman–Crippen LogP) is 9.20. The van der Waals surface area contributed by atoms with Gasteiger partial charge in [-0.15, -0.1) is 0 Å². The summed E-state index contributed by atoms with van der Waals surface area (Å²) in [5.41, 5.74) is 7.95. The lowest BCUT2D eigenvalue weighted by Crippen LogP contribution is -1.89. The van der Waals surface area contributed by atoms with Crippen LogP contribution in [0.4, 0.5) is 0 Å². The third-order valence-electron chi connectivity index (χ3n) is 7.23. The molecule has 32 heavy (non-hydrogen) atoms. The molecule has 0 spiro atoms. The molecule has 0 radical (unpaired) electrons. The molecule has 6 aromatic carbocycles. The fraction of sp³-hybridized carbons (Fsp3) is 0.125.